The molecule has 3 aromatic rings. The van der Waals surface area contributed by atoms with E-state index in [1.54, 1.807) is 13.2 Å². The molecule has 1 fully saturated rings. The average molecular weight is 368 g/mol. The molecule has 0 bridgehead atoms. The summed E-state index contributed by atoms with van der Waals surface area (Å²) in [6.45, 7) is 1.85. The van der Waals surface area contributed by atoms with E-state index in [0.29, 0.717) is 17.5 Å². The van der Waals surface area contributed by atoms with Crippen LogP contribution in [-0.2, 0) is 4.74 Å². The predicted molar refractivity (Wildman–Crippen MR) is 94.9 cm³/mol. The fourth-order valence-electron chi connectivity index (χ4n) is 3.00. The Morgan fingerprint density at radius 3 is 2.78 bits per heavy atom. The summed E-state index contributed by atoms with van der Waals surface area (Å²) in [7, 11) is 1.59. The first-order valence-corrected chi connectivity index (χ1v) is 8.83. The van der Waals surface area contributed by atoms with Crippen LogP contribution in [0.5, 0.6) is 0 Å². The van der Waals surface area contributed by atoms with Gasteiger partial charge in [0.1, 0.15) is 11.8 Å². The van der Waals surface area contributed by atoms with Crippen LogP contribution in [0, 0.1) is 0 Å². The molecule has 2 aromatic heterocycles. The van der Waals surface area contributed by atoms with Crippen LogP contribution < -0.4 is 5.32 Å². The van der Waals surface area contributed by atoms with E-state index in [1.165, 1.54) is 0 Å². The summed E-state index contributed by atoms with van der Waals surface area (Å²) in [5.41, 5.74) is 1.54. The third kappa shape index (κ3) is 3.61. The number of rotatable bonds is 6. The summed E-state index contributed by atoms with van der Waals surface area (Å²) in [5.74, 6) is 1.13. The van der Waals surface area contributed by atoms with Crippen molar-refractivity contribution in [1.29, 1.82) is 0 Å². The monoisotopic (exact) mass is 368 g/mol. The lowest BCUT2D eigenvalue weighted by atomic mass is 9.80. The molecule has 0 aliphatic heterocycles. The largest absolute Gasteiger partial charge is 0.422 e. The van der Waals surface area contributed by atoms with E-state index in [1.807, 2.05) is 37.3 Å². The quantitative estimate of drug-likeness (QED) is 0.713. The molecule has 8 nitrogen and oxygen atoms in total. The molecule has 1 aliphatic carbocycles. The molecule has 1 N–H and O–H groups in total. The third-order valence-corrected chi connectivity index (χ3v) is 4.78. The molecule has 0 spiro atoms. The van der Waals surface area contributed by atoms with Crippen molar-refractivity contribution < 1.29 is 18.5 Å². The number of amides is 1. The van der Waals surface area contributed by atoms with Crippen LogP contribution in [0.2, 0.25) is 0 Å². The normalized spacial score (nSPS) is 20.1. The van der Waals surface area contributed by atoms with Crippen molar-refractivity contribution in [3.05, 3.63) is 53.9 Å². The first-order valence-electron chi connectivity index (χ1n) is 8.83. The SMILES string of the molecule is CO[C@@H](C)c1nnc(C2CC(NC(=O)c3cc(-c4ccccc4)no3)C2)o1. The lowest BCUT2D eigenvalue weighted by Crippen LogP contribution is -2.43. The predicted octanol–water partition coefficient (Wildman–Crippen LogP) is 3.11. The molecule has 1 atom stereocenters. The number of carbonyl (C=O) groups is 1. The highest BCUT2D eigenvalue weighted by Gasteiger charge is 2.36. The van der Waals surface area contributed by atoms with Crippen LogP contribution >= 0.6 is 0 Å². The van der Waals surface area contributed by atoms with Crippen molar-refractivity contribution in [3.8, 4) is 11.3 Å². The zero-order chi connectivity index (χ0) is 18.8. The topological polar surface area (TPSA) is 103 Å². The number of benzene rings is 1. The number of hydrogen-bond acceptors (Lipinski definition) is 7. The molecular weight excluding hydrogens is 348 g/mol. The lowest BCUT2D eigenvalue weighted by Gasteiger charge is -2.33. The average Bonchev–Trinajstić information content (AvgIpc) is 3.34. The van der Waals surface area contributed by atoms with Crippen molar-refractivity contribution >= 4 is 5.91 Å². The minimum atomic E-state index is -0.271. The highest BCUT2D eigenvalue weighted by molar-refractivity contribution is 5.92. The van der Waals surface area contributed by atoms with Gasteiger partial charge in [-0.25, -0.2) is 0 Å². The molecule has 1 saturated carbocycles. The van der Waals surface area contributed by atoms with Crippen molar-refractivity contribution in [2.45, 2.75) is 37.8 Å². The van der Waals surface area contributed by atoms with Crippen LogP contribution in [0.4, 0.5) is 0 Å². The second kappa shape index (κ2) is 7.32. The van der Waals surface area contributed by atoms with Gasteiger partial charge in [0.05, 0.1) is 0 Å². The van der Waals surface area contributed by atoms with E-state index < -0.39 is 0 Å². The fraction of sp³-hybridized carbons (Fsp3) is 0.368. The number of carbonyl (C=O) groups excluding carboxylic acids is 1. The van der Waals surface area contributed by atoms with Gasteiger partial charge >= 0.3 is 0 Å². The van der Waals surface area contributed by atoms with Crippen molar-refractivity contribution in [1.82, 2.24) is 20.7 Å². The molecule has 0 saturated heterocycles. The molecule has 0 unspecified atom stereocenters. The summed E-state index contributed by atoms with van der Waals surface area (Å²) in [6, 6.07) is 11.3. The zero-order valence-electron chi connectivity index (χ0n) is 15.1. The van der Waals surface area contributed by atoms with Gasteiger partial charge in [-0.1, -0.05) is 35.5 Å². The number of nitrogens with zero attached hydrogens (tertiary/aromatic N) is 3. The van der Waals surface area contributed by atoms with Gasteiger partial charge in [0.2, 0.25) is 17.5 Å². The minimum Gasteiger partial charge on any atom is -0.422 e. The first kappa shape index (κ1) is 17.4. The standard InChI is InChI=1S/C19H20N4O4/c1-11(25-2)18-21-22-19(26-18)13-8-14(9-13)20-17(24)16-10-15(23-27-16)12-6-4-3-5-7-12/h3-7,10-11,13-14H,8-9H2,1-2H3,(H,20,24)/t11-,13?,14?/m0/s1. The van der Waals surface area contributed by atoms with Gasteiger partial charge in [0.25, 0.3) is 5.91 Å². The highest BCUT2D eigenvalue weighted by atomic mass is 16.5. The number of ether oxygens (including phenoxy) is 1. The van der Waals surface area contributed by atoms with Gasteiger partial charge in [0.15, 0.2) is 0 Å². The Morgan fingerprint density at radius 1 is 1.26 bits per heavy atom. The Kier molecular flexibility index (Phi) is 4.72. The Labute approximate surface area is 155 Å². The van der Waals surface area contributed by atoms with Crippen LogP contribution in [0.1, 0.15) is 54.1 Å². The molecular formula is C19H20N4O4. The summed E-state index contributed by atoms with van der Waals surface area (Å²) < 4.78 is 16.0. The van der Waals surface area contributed by atoms with Gasteiger partial charge < -0.3 is 19.0 Å². The molecule has 1 amide bonds. The van der Waals surface area contributed by atoms with E-state index in [9.17, 15) is 4.79 Å². The van der Waals surface area contributed by atoms with Gasteiger partial charge in [-0.3, -0.25) is 4.79 Å². The minimum absolute atomic E-state index is 0.0444. The maximum Gasteiger partial charge on any atom is 0.290 e. The fourth-order valence-corrected chi connectivity index (χ4v) is 3.00. The third-order valence-electron chi connectivity index (χ3n) is 4.78. The smallest absolute Gasteiger partial charge is 0.290 e. The number of aromatic nitrogens is 3. The molecule has 2 heterocycles. The molecule has 1 aromatic carbocycles. The zero-order valence-corrected chi connectivity index (χ0v) is 15.1. The van der Waals surface area contributed by atoms with E-state index in [2.05, 4.69) is 20.7 Å². The van der Waals surface area contributed by atoms with E-state index in [-0.39, 0.29) is 29.7 Å². The van der Waals surface area contributed by atoms with Gasteiger partial charge in [0, 0.05) is 30.7 Å². The number of nitrogens with one attached hydrogen (secondary N) is 1. The number of hydrogen-bond donors (Lipinski definition) is 1. The lowest BCUT2D eigenvalue weighted by molar-refractivity contribution is 0.0851. The first-order chi connectivity index (χ1) is 13.1. The maximum absolute atomic E-state index is 12.4. The molecule has 4 rings (SSSR count). The maximum atomic E-state index is 12.4. The summed E-state index contributed by atoms with van der Waals surface area (Å²) in [4.78, 5) is 12.4. The summed E-state index contributed by atoms with van der Waals surface area (Å²) in [6.07, 6.45) is 1.26. The Bertz CT molecular complexity index is 915. The van der Waals surface area contributed by atoms with Gasteiger partial charge in [-0.15, -0.1) is 10.2 Å². The number of methoxy groups -OCH3 is 1. The van der Waals surface area contributed by atoms with Crippen LogP contribution in [0.25, 0.3) is 11.3 Å². The van der Waals surface area contributed by atoms with Crippen molar-refractivity contribution in [2.75, 3.05) is 7.11 Å². The Morgan fingerprint density at radius 2 is 2.04 bits per heavy atom. The summed E-state index contributed by atoms with van der Waals surface area (Å²) >= 11 is 0. The highest BCUT2D eigenvalue weighted by Crippen LogP contribution is 2.36. The van der Waals surface area contributed by atoms with E-state index in [0.717, 1.165) is 18.4 Å². The molecule has 27 heavy (non-hydrogen) atoms. The van der Waals surface area contributed by atoms with E-state index >= 15 is 0 Å². The Hall–Kier alpha value is -3.00. The van der Waals surface area contributed by atoms with Gasteiger partial charge in [-0.05, 0) is 19.8 Å². The molecule has 140 valence electrons. The molecule has 1 aliphatic rings. The molecule has 0 radical (unpaired) electrons. The molecule has 8 heteroatoms. The van der Waals surface area contributed by atoms with Crippen molar-refractivity contribution in [3.63, 3.8) is 0 Å². The second-order valence-corrected chi connectivity index (χ2v) is 6.64. The van der Waals surface area contributed by atoms with Crippen molar-refractivity contribution in [2.24, 2.45) is 0 Å². The van der Waals surface area contributed by atoms with Crippen LogP contribution in [-0.4, -0.2) is 34.4 Å². The van der Waals surface area contributed by atoms with Crippen LogP contribution in [0.3, 0.4) is 0 Å². The van der Waals surface area contributed by atoms with E-state index in [4.69, 9.17) is 13.7 Å². The Balaban J connectivity index is 1.32. The summed E-state index contributed by atoms with van der Waals surface area (Å²) in [5, 5.41) is 15.0. The van der Waals surface area contributed by atoms with Crippen LogP contribution in [0.15, 0.2) is 45.3 Å². The van der Waals surface area contributed by atoms with Gasteiger partial charge in [-0.2, -0.15) is 0 Å². The second-order valence-electron chi connectivity index (χ2n) is 6.64.